The molecule has 7 atom stereocenters. The third kappa shape index (κ3) is 0.900. The third-order valence-corrected chi connectivity index (χ3v) is 5.06. The molecule has 0 aromatic heterocycles. The molecular formula is C13H22O. The maximum Gasteiger partial charge on any atom is 0.0649 e. The van der Waals surface area contributed by atoms with Gasteiger partial charge in [0.05, 0.1) is 12.2 Å². The maximum absolute atomic E-state index is 6.13. The van der Waals surface area contributed by atoms with Crippen LogP contribution < -0.4 is 0 Å². The predicted molar refractivity (Wildman–Crippen MR) is 56.9 cm³/mol. The molecule has 2 saturated carbocycles. The topological polar surface area (TPSA) is 9.23 Å². The Kier molecular flexibility index (Phi) is 1.81. The molecule has 0 aromatic carbocycles. The Labute approximate surface area is 87.2 Å². The zero-order valence-corrected chi connectivity index (χ0v) is 9.73. The molecule has 1 heterocycles. The summed E-state index contributed by atoms with van der Waals surface area (Å²) in [6.07, 6.45) is 2.56. The standard InChI is InChI=1S/C13H22O/c1-5-7(4)12-9-8(6(2)3)10-11(9)13(10)14-12/h6-13H,5H2,1-4H3. The lowest BCUT2D eigenvalue weighted by Crippen LogP contribution is -2.45. The van der Waals surface area contributed by atoms with Gasteiger partial charge >= 0.3 is 0 Å². The van der Waals surface area contributed by atoms with Crippen LogP contribution in [0.5, 0.6) is 0 Å². The molecule has 0 bridgehead atoms. The van der Waals surface area contributed by atoms with Crippen molar-refractivity contribution in [2.45, 2.75) is 46.3 Å². The van der Waals surface area contributed by atoms with E-state index in [1.807, 2.05) is 0 Å². The average Bonchev–Trinajstić information content (AvgIpc) is 2.59. The number of ether oxygens (including phenoxy) is 1. The van der Waals surface area contributed by atoms with Gasteiger partial charge in [-0.2, -0.15) is 0 Å². The first-order valence-electron chi connectivity index (χ1n) is 6.32. The van der Waals surface area contributed by atoms with Crippen molar-refractivity contribution < 1.29 is 4.74 Å². The van der Waals surface area contributed by atoms with Crippen LogP contribution in [0.2, 0.25) is 0 Å². The van der Waals surface area contributed by atoms with Gasteiger partial charge in [-0.05, 0) is 35.5 Å². The molecule has 80 valence electrons. The van der Waals surface area contributed by atoms with Crippen LogP contribution in [0.3, 0.4) is 0 Å². The molecule has 7 unspecified atom stereocenters. The summed E-state index contributed by atoms with van der Waals surface area (Å²) >= 11 is 0. The van der Waals surface area contributed by atoms with Gasteiger partial charge in [-0.25, -0.2) is 0 Å². The first-order chi connectivity index (χ1) is 6.66. The molecule has 3 fully saturated rings. The highest BCUT2D eigenvalue weighted by Gasteiger charge is 2.77. The van der Waals surface area contributed by atoms with Crippen LogP contribution in [0.1, 0.15) is 34.1 Å². The normalized spacial score (nSPS) is 55.5. The first-order valence-corrected chi connectivity index (χ1v) is 6.32. The summed E-state index contributed by atoms with van der Waals surface area (Å²) in [7, 11) is 0. The third-order valence-electron chi connectivity index (χ3n) is 5.06. The summed E-state index contributed by atoms with van der Waals surface area (Å²) in [5.41, 5.74) is 0. The summed E-state index contributed by atoms with van der Waals surface area (Å²) in [4.78, 5) is 0. The molecule has 1 nitrogen and oxygen atoms in total. The SMILES string of the molecule is CCC(C)C1OC2C3C(C(C)C)C1C23. The highest BCUT2D eigenvalue weighted by molar-refractivity contribution is 5.23. The van der Waals surface area contributed by atoms with E-state index in [2.05, 4.69) is 27.7 Å². The van der Waals surface area contributed by atoms with Crippen molar-refractivity contribution in [1.82, 2.24) is 0 Å². The second kappa shape index (κ2) is 2.75. The number of hydrogen-bond acceptors (Lipinski definition) is 1. The van der Waals surface area contributed by atoms with Gasteiger partial charge in [0, 0.05) is 0 Å². The van der Waals surface area contributed by atoms with E-state index in [4.69, 9.17) is 4.74 Å². The van der Waals surface area contributed by atoms with Gasteiger partial charge in [0.1, 0.15) is 0 Å². The molecule has 3 aliphatic rings. The molecule has 0 aromatic rings. The zero-order valence-electron chi connectivity index (χ0n) is 9.73. The minimum absolute atomic E-state index is 0.604. The summed E-state index contributed by atoms with van der Waals surface area (Å²) in [6, 6.07) is 0. The van der Waals surface area contributed by atoms with E-state index < -0.39 is 0 Å². The molecule has 14 heavy (non-hydrogen) atoms. The van der Waals surface area contributed by atoms with Crippen LogP contribution in [0, 0.1) is 35.5 Å². The van der Waals surface area contributed by atoms with E-state index in [1.165, 1.54) is 6.42 Å². The molecule has 0 amide bonds. The van der Waals surface area contributed by atoms with Crippen molar-refractivity contribution >= 4 is 0 Å². The Bertz CT molecular complexity index is 244. The average molecular weight is 194 g/mol. The van der Waals surface area contributed by atoms with Crippen molar-refractivity contribution in [2.75, 3.05) is 0 Å². The van der Waals surface area contributed by atoms with E-state index in [-0.39, 0.29) is 0 Å². The molecule has 1 saturated heterocycles. The van der Waals surface area contributed by atoms with E-state index in [0.717, 1.165) is 35.5 Å². The van der Waals surface area contributed by atoms with Crippen LogP contribution in [0.4, 0.5) is 0 Å². The highest BCUT2D eigenvalue weighted by Crippen LogP contribution is 2.74. The molecular weight excluding hydrogens is 172 g/mol. The van der Waals surface area contributed by atoms with E-state index in [9.17, 15) is 0 Å². The van der Waals surface area contributed by atoms with Gasteiger partial charge < -0.3 is 4.74 Å². The maximum atomic E-state index is 6.13. The predicted octanol–water partition coefficient (Wildman–Crippen LogP) is 2.95. The van der Waals surface area contributed by atoms with Gasteiger partial charge in [-0.3, -0.25) is 0 Å². The Morgan fingerprint density at radius 3 is 2.29 bits per heavy atom. The Morgan fingerprint density at radius 2 is 1.79 bits per heavy atom. The summed E-state index contributed by atoms with van der Waals surface area (Å²) in [5.74, 6) is 5.54. The van der Waals surface area contributed by atoms with Crippen molar-refractivity contribution in [3.8, 4) is 0 Å². The van der Waals surface area contributed by atoms with Gasteiger partial charge in [0.25, 0.3) is 0 Å². The van der Waals surface area contributed by atoms with E-state index in [0.29, 0.717) is 12.2 Å². The minimum atomic E-state index is 0.604. The Morgan fingerprint density at radius 1 is 1.07 bits per heavy atom. The van der Waals surface area contributed by atoms with Gasteiger partial charge in [-0.15, -0.1) is 0 Å². The molecule has 1 aliphatic heterocycles. The molecule has 0 radical (unpaired) electrons. The number of rotatable bonds is 3. The number of fused-ring (bicyclic) bond motifs is 1. The van der Waals surface area contributed by atoms with Gasteiger partial charge in [0.2, 0.25) is 0 Å². The van der Waals surface area contributed by atoms with Crippen LogP contribution in [0.25, 0.3) is 0 Å². The van der Waals surface area contributed by atoms with Crippen LogP contribution in [0.15, 0.2) is 0 Å². The lowest BCUT2D eigenvalue weighted by Gasteiger charge is -2.44. The molecule has 0 spiro atoms. The van der Waals surface area contributed by atoms with Crippen molar-refractivity contribution in [2.24, 2.45) is 35.5 Å². The van der Waals surface area contributed by atoms with E-state index in [1.54, 1.807) is 0 Å². The van der Waals surface area contributed by atoms with Gasteiger partial charge in [0.15, 0.2) is 0 Å². The highest BCUT2D eigenvalue weighted by atomic mass is 16.5. The van der Waals surface area contributed by atoms with E-state index >= 15 is 0 Å². The molecule has 2 aliphatic carbocycles. The fraction of sp³-hybridized carbons (Fsp3) is 1.00. The lowest BCUT2D eigenvalue weighted by atomic mass is 9.63. The Hall–Kier alpha value is -0.0400. The second-order valence-corrected chi connectivity index (χ2v) is 6.00. The lowest BCUT2D eigenvalue weighted by molar-refractivity contribution is -0.0898. The monoisotopic (exact) mass is 194 g/mol. The van der Waals surface area contributed by atoms with Crippen molar-refractivity contribution in [1.29, 1.82) is 0 Å². The summed E-state index contributed by atoms with van der Waals surface area (Å²) < 4.78 is 6.13. The van der Waals surface area contributed by atoms with Crippen molar-refractivity contribution in [3.63, 3.8) is 0 Å². The van der Waals surface area contributed by atoms with Gasteiger partial charge in [-0.1, -0.05) is 34.1 Å². The molecule has 3 rings (SSSR count). The second-order valence-electron chi connectivity index (χ2n) is 6.00. The van der Waals surface area contributed by atoms with Crippen molar-refractivity contribution in [3.05, 3.63) is 0 Å². The first kappa shape index (κ1) is 9.21. The fourth-order valence-corrected chi connectivity index (χ4v) is 4.17. The van der Waals surface area contributed by atoms with Crippen LogP contribution in [-0.4, -0.2) is 12.2 Å². The number of hydrogen-bond donors (Lipinski definition) is 0. The fourth-order valence-electron chi connectivity index (χ4n) is 4.17. The van der Waals surface area contributed by atoms with Crippen LogP contribution in [-0.2, 0) is 4.74 Å². The largest absolute Gasteiger partial charge is 0.374 e. The van der Waals surface area contributed by atoms with Crippen LogP contribution >= 0.6 is 0 Å². The quantitative estimate of drug-likeness (QED) is 0.671. The smallest absolute Gasteiger partial charge is 0.0649 e. The summed E-state index contributed by atoms with van der Waals surface area (Å²) in [6.45, 7) is 9.43. The summed E-state index contributed by atoms with van der Waals surface area (Å²) in [5, 5.41) is 0. The molecule has 0 N–H and O–H groups in total. The Balaban J connectivity index is 1.74. The zero-order chi connectivity index (χ0) is 10.0. The molecule has 1 heteroatoms. The minimum Gasteiger partial charge on any atom is -0.374 e.